The summed E-state index contributed by atoms with van der Waals surface area (Å²) >= 11 is 1.57. The van der Waals surface area contributed by atoms with Gasteiger partial charge < -0.3 is 14.1 Å². The van der Waals surface area contributed by atoms with Gasteiger partial charge in [-0.3, -0.25) is 4.79 Å². The second-order valence-corrected chi connectivity index (χ2v) is 8.35. The zero-order chi connectivity index (χ0) is 20.3. The molecule has 0 bridgehead atoms. The first-order valence-corrected chi connectivity index (χ1v) is 10.9. The average molecular weight is 420 g/mol. The Morgan fingerprint density at radius 1 is 1.13 bits per heavy atom. The van der Waals surface area contributed by atoms with Crippen LogP contribution in [0.25, 0.3) is 21.5 Å². The Hall–Kier alpha value is -3.19. The van der Waals surface area contributed by atoms with Crippen molar-refractivity contribution in [3.05, 3.63) is 65.9 Å². The summed E-state index contributed by atoms with van der Waals surface area (Å²) in [7, 11) is 0. The van der Waals surface area contributed by atoms with E-state index in [9.17, 15) is 4.79 Å². The number of ether oxygens (including phenoxy) is 1. The van der Waals surface area contributed by atoms with Gasteiger partial charge in [0.05, 0.1) is 10.8 Å². The minimum Gasteiger partial charge on any atom is -0.484 e. The molecule has 0 spiro atoms. The monoisotopic (exact) mass is 419 g/mol. The van der Waals surface area contributed by atoms with Gasteiger partial charge in [-0.05, 0) is 47.2 Å². The van der Waals surface area contributed by atoms with E-state index in [0.29, 0.717) is 24.1 Å². The van der Waals surface area contributed by atoms with Gasteiger partial charge in [0.2, 0.25) is 5.89 Å². The molecule has 0 saturated carbocycles. The average Bonchev–Trinajstić information content (AvgIpc) is 3.49. The molecule has 152 valence electrons. The fourth-order valence-electron chi connectivity index (χ4n) is 3.80. The van der Waals surface area contributed by atoms with Crippen molar-refractivity contribution in [3.8, 4) is 16.5 Å². The van der Waals surface area contributed by atoms with Crippen LogP contribution in [0.3, 0.4) is 0 Å². The highest BCUT2D eigenvalue weighted by molar-refractivity contribution is 7.13. The predicted octanol–water partition coefficient (Wildman–Crippen LogP) is 4.74. The molecule has 2 aromatic carbocycles. The number of thiophene rings is 1. The van der Waals surface area contributed by atoms with Crippen molar-refractivity contribution in [2.75, 3.05) is 19.7 Å². The van der Waals surface area contributed by atoms with Gasteiger partial charge in [-0.15, -0.1) is 21.5 Å². The van der Waals surface area contributed by atoms with E-state index in [2.05, 4.69) is 16.3 Å². The number of aromatic nitrogens is 2. The Bertz CT molecular complexity index is 1160. The first kappa shape index (κ1) is 18.8. The lowest BCUT2D eigenvalue weighted by Crippen LogP contribution is -2.41. The van der Waals surface area contributed by atoms with Gasteiger partial charge in [0.1, 0.15) is 5.75 Å². The fraction of sp³-hybridized carbons (Fsp3) is 0.261. The Kier molecular flexibility index (Phi) is 5.19. The lowest BCUT2D eigenvalue weighted by atomic mass is 9.98. The van der Waals surface area contributed by atoms with Crippen molar-refractivity contribution in [1.82, 2.24) is 15.1 Å². The third-order valence-electron chi connectivity index (χ3n) is 5.38. The molecule has 0 aliphatic carbocycles. The van der Waals surface area contributed by atoms with Gasteiger partial charge in [0, 0.05) is 13.1 Å². The molecule has 0 N–H and O–H groups in total. The molecule has 6 nitrogen and oxygen atoms in total. The molecule has 1 fully saturated rings. The first-order chi connectivity index (χ1) is 14.8. The van der Waals surface area contributed by atoms with Crippen LogP contribution < -0.4 is 4.74 Å². The first-order valence-electron chi connectivity index (χ1n) is 10.0. The van der Waals surface area contributed by atoms with Crippen LogP contribution in [0.15, 0.2) is 64.4 Å². The smallest absolute Gasteiger partial charge is 0.260 e. The maximum atomic E-state index is 12.7. The largest absolute Gasteiger partial charge is 0.484 e. The molecule has 1 aliphatic heterocycles. The van der Waals surface area contributed by atoms with Crippen LogP contribution in [-0.2, 0) is 4.79 Å². The second kappa shape index (κ2) is 8.28. The standard InChI is InChI=1S/C23H21N3O3S/c27-21(15-28-19-10-9-16-5-1-2-6-17(16)13-19)26-11-3-7-18(14-26)22-24-25-23(29-22)20-8-4-12-30-20/h1-2,4-6,8-10,12-13,18H,3,7,11,14-15H2. The van der Waals surface area contributed by atoms with Gasteiger partial charge in [-0.2, -0.15) is 0 Å². The van der Waals surface area contributed by atoms with E-state index in [0.717, 1.165) is 35.0 Å². The summed E-state index contributed by atoms with van der Waals surface area (Å²) < 4.78 is 11.7. The topological polar surface area (TPSA) is 68.5 Å². The normalized spacial score (nSPS) is 16.7. The van der Waals surface area contributed by atoms with Crippen molar-refractivity contribution >= 4 is 28.0 Å². The van der Waals surface area contributed by atoms with Gasteiger partial charge in [0.15, 0.2) is 6.61 Å². The highest BCUT2D eigenvalue weighted by Crippen LogP contribution is 2.30. The van der Waals surface area contributed by atoms with Crippen LogP contribution in [0.4, 0.5) is 0 Å². The number of carbonyl (C=O) groups excluding carboxylic acids is 1. The molecule has 2 aromatic heterocycles. The number of piperidine rings is 1. The number of rotatable bonds is 5. The van der Waals surface area contributed by atoms with Crippen molar-refractivity contribution in [3.63, 3.8) is 0 Å². The lowest BCUT2D eigenvalue weighted by molar-refractivity contribution is -0.134. The van der Waals surface area contributed by atoms with E-state index in [4.69, 9.17) is 9.15 Å². The van der Waals surface area contributed by atoms with Crippen LogP contribution in [0.1, 0.15) is 24.7 Å². The highest BCUT2D eigenvalue weighted by atomic mass is 32.1. The van der Waals surface area contributed by atoms with Crippen LogP contribution in [-0.4, -0.2) is 40.7 Å². The number of carbonyl (C=O) groups is 1. The van der Waals surface area contributed by atoms with E-state index in [1.807, 2.05) is 58.8 Å². The Morgan fingerprint density at radius 3 is 2.90 bits per heavy atom. The van der Waals surface area contributed by atoms with Crippen molar-refractivity contribution in [2.45, 2.75) is 18.8 Å². The molecule has 1 aliphatic rings. The summed E-state index contributed by atoms with van der Waals surface area (Å²) in [4.78, 5) is 15.5. The summed E-state index contributed by atoms with van der Waals surface area (Å²) in [5, 5.41) is 12.6. The maximum Gasteiger partial charge on any atom is 0.260 e. The van der Waals surface area contributed by atoms with Crippen LogP contribution in [0.2, 0.25) is 0 Å². The van der Waals surface area contributed by atoms with Crippen LogP contribution in [0, 0.1) is 0 Å². The zero-order valence-electron chi connectivity index (χ0n) is 16.4. The number of benzene rings is 2. The number of amides is 1. The molecule has 1 unspecified atom stereocenters. The van der Waals surface area contributed by atoms with Gasteiger partial charge in [-0.25, -0.2) is 0 Å². The Labute approximate surface area is 178 Å². The van der Waals surface area contributed by atoms with Crippen LogP contribution in [0.5, 0.6) is 5.75 Å². The number of hydrogen-bond donors (Lipinski definition) is 0. The van der Waals surface area contributed by atoms with E-state index in [1.165, 1.54) is 0 Å². The molecule has 1 saturated heterocycles. The summed E-state index contributed by atoms with van der Waals surface area (Å²) in [5.74, 6) is 1.89. The minimum atomic E-state index is -0.0224. The quantitative estimate of drug-likeness (QED) is 0.468. The van der Waals surface area contributed by atoms with Crippen molar-refractivity contribution in [1.29, 1.82) is 0 Å². The Morgan fingerprint density at radius 2 is 2.03 bits per heavy atom. The van der Waals surface area contributed by atoms with Crippen LogP contribution >= 0.6 is 11.3 Å². The van der Waals surface area contributed by atoms with Gasteiger partial charge >= 0.3 is 0 Å². The zero-order valence-corrected chi connectivity index (χ0v) is 17.2. The molecule has 1 amide bonds. The number of nitrogens with zero attached hydrogens (tertiary/aromatic N) is 3. The molecule has 3 heterocycles. The summed E-state index contributed by atoms with van der Waals surface area (Å²) in [6.07, 6.45) is 1.84. The molecule has 5 rings (SSSR count). The lowest BCUT2D eigenvalue weighted by Gasteiger charge is -2.31. The number of fused-ring (bicyclic) bond motifs is 1. The molecule has 1 atom stereocenters. The second-order valence-electron chi connectivity index (χ2n) is 7.40. The highest BCUT2D eigenvalue weighted by Gasteiger charge is 2.28. The summed E-state index contributed by atoms with van der Waals surface area (Å²) in [6.45, 7) is 1.32. The third kappa shape index (κ3) is 3.93. The van der Waals surface area contributed by atoms with Gasteiger partial charge in [-0.1, -0.05) is 36.4 Å². The van der Waals surface area contributed by atoms with Crippen molar-refractivity contribution < 1.29 is 13.9 Å². The minimum absolute atomic E-state index is 0.0224. The fourth-order valence-corrected chi connectivity index (χ4v) is 4.44. The summed E-state index contributed by atoms with van der Waals surface area (Å²) in [5.41, 5.74) is 0. The van der Waals surface area contributed by atoms with E-state index in [-0.39, 0.29) is 18.4 Å². The van der Waals surface area contributed by atoms with E-state index < -0.39 is 0 Å². The maximum absolute atomic E-state index is 12.7. The molecule has 0 radical (unpaired) electrons. The van der Waals surface area contributed by atoms with Crippen molar-refractivity contribution in [2.24, 2.45) is 0 Å². The molecule has 7 heteroatoms. The van der Waals surface area contributed by atoms with Gasteiger partial charge in [0.25, 0.3) is 11.8 Å². The summed E-state index contributed by atoms with van der Waals surface area (Å²) in [6, 6.07) is 17.9. The predicted molar refractivity (Wildman–Crippen MR) is 116 cm³/mol. The Balaban J connectivity index is 1.21. The third-order valence-corrected chi connectivity index (χ3v) is 6.24. The molecule has 30 heavy (non-hydrogen) atoms. The van der Waals surface area contributed by atoms with E-state index in [1.54, 1.807) is 11.3 Å². The molecular formula is C23H21N3O3S. The molecule has 4 aromatic rings. The molecular weight excluding hydrogens is 398 g/mol. The number of likely N-dealkylation sites (tertiary alicyclic amines) is 1. The number of hydrogen-bond acceptors (Lipinski definition) is 6. The van der Waals surface area contributed by atoms with E-state index >= 15 is 0 Å². The SMILES string of the molecule is O=C(COc1ccc2ccccc2c1)N1CCCC(c2nnc(-c3cccs3)o2)C1.